The zero-order valence-electron chi connectivity index (χ0n) is 4.97. The van der Waals surface area contributed by atoms with Crippen molar-refractivity contribution in [1.29, 1.82) is 0 Å². The second-order valence-electron chi connectivity index (χ2n) is 2.57. The second kappa shape index (κ2) is 2.26. The summed E-state index contributed by atoms with van der Waals surface area (Å²) in [5, 5.41) is 0.391. The van der Waals surface area contributed by atoms with Crippen molar-refractivity contribution in [3.63, 3.8) is 0 Å². The quantitative estimate of drug-likeness (QED) is 0.521. The van der Waals surface area contributed by atoms with Crippen LogP contribution in [0.2, 0.25) is 0 Å². The lowest BCUT2D eigenvalue weighted by molar-refractivity contribution is 0.132. The van der Waals surface area contributed by atoms with E-state index in [4.69, 9.17) is 0 Å². The lowest BCUT2D eigenvalue weighted by atomic mass is 9.81. The van der Waals surface area contributed by atoms with E-state index in [1.165, 1.54) is 0 Å². The van der Waals surface area contributed by atoms with E-state index in [0.29, 0.717) is 11.2 Å². The molecule has 1 atom stereocenters. The maximum Gasteiger partial charge on any atom is 0.101 e. The Kier molecular flexibility index (Phi) is 1.81. The molecule has 1 rings (SSSR count). The summed E-state index contributed by atoms with van der Waals surface area (Å²) in [4.78, 5) is 0. The van der Waals surface area contributed by atoms with Gasteiger partial charge in [0.2, 0.25) is 0 Å². The highest BCUT2D eigenvalue weighted by Crippen LogP contribution is 2.34. The fourth-order valence-electron chi connectivity index (χ4n) is 0.982. The van der Waals surface area contributed by atoms with Gasteiger partial charge in [-0.1, -0.05) is 6.92 Å². The van der Waals surface area contributed by atoms with Crippen LogP contribution in [0, 0.1) is 5.92 Å². The average molecular weight is 134 g/mol. The van der Waals surface area contributed by atoms with Gasteiger partial charge in [0.15, 0.2) is 0 Å². The van der Waals surface area contributed by atoms with Crippen LogP contribution in [0.15, 0.2) is 0 Å². The molecule has 1 unspecified atom stereocenters. The van der Waals surface area contributed by atoms with Crippen molar-refractivity contribution in [3.05, 3.63) is 0 Å². The molecular weight excluding hydrogens is 123 g/mol. The van der Waals surface area contributed by atoms with Crippen LogP contribution < -0.4 is 0 Å². The highest BCUT2D eigenvalue weighted by atomic mass is 32.1. The van der Waals surface area contributed by atoms with Crippen molar-refractivity contribution < 1.29 is 4.39 Å². The first-order chi connectivity index (χ1) is 3.70. The molecule has 8 heavy (non-hydrogen) atoms. The molecule has 1 aliphatic carbocycles. The molecule has 0 aromatic carbocycles. The van der Waals surface area contributed by atoms with E-state index < -0.39 is 6.17 Å². The van der Waals surface area contributed by atoms with E-state index >= 15 is 0 Å². The maximum atomic E-state index is 12.1. The summed E-state index contributed by atoms with van der Waals surface area (Å²) in [7, 11) is 0. The molecule has 0 radical (unpaired) electrons. The summed E-state index contributed by atoms with van der Waals surface area (Å²) in [6, 6.07) is 0. The standard InChI is InChI=1S/C6H11FS/c1-4(8)5-2-6(7)3-5/h4-6,8H,2-3H2,1H3. The number of rotatable bonds is 1. The second-order valence-corrected chi connectivity index (χ2v) is 3.38. The first-order valence-corrected chi connectivity index (χ1v) is 3.54. The van der Waals surface area contributed by atoms with Crippen molar-refractivity contribution >= 4 is 12.6 Å². The first kappa shape index (κ1) is 6.40. The first-order valence-electron chi connectivity index (χ1n) is 3.02. The number of halogens is 1. The van der Waals surface area contributed by atoms with Crippen molar-refractivity contribution in [3.8, 4) is 0 Å². The Bertz CT molecular complexity index is 76.6. The molecule has 0 spiro atoms. The Labute approximate surface area is 54.9 Å². The Balaban J connectivity index is 2.15. The van der Waals surface area contributed by atoms with E-state index in [1.807, 2.05) is 6.92 Å². The van der Waals surface area contributed by atoms with Crippen LogP contribution in [0.3, 0.4) is 0 Å². The molecule has 48 valence electrons. The molecule has 1 saturated carbocycles. The van der Waals surface area contributed by atoms with Gasteiger partial charge in [-0.3, -0.25) is 0 Å². The third-order valence-corrected chi connectivity index (χ3v) is 2.22. The van der Waals surface area contributed by atoms with E-state index in [2.05, 4.69) is 12.6 Å². The molecule has 0 amide bonds. The number of hydrogen-bond donors (Lipinski definition) is 1. The average Bonchev–Trinajstić information content (AvgIpc) is 1.57. The molecule has 0 aromatic rings. The highest BCUT2D eigenvalue weighted by molar-refractivity contribution is 7.80. The smallest absolute Gasteiger partial charge is 0.101 e. The van der Waals surface area contributed by atoms with Gasteiger partial charge >= 0.3 is 0 Å². The lowest BCUT2D eigenvalue weighted by Gasteiger charge is -2.31. The Hall–Kier alpha value is 0.280. The van der Waals surface area contributed by atoms with Crippen LogP contribution in [0.25, 0.3) is 0 Å². The molecule has 0 bridgehead atoms. The van der Waals surface area contributed by atoms with Crippen molar-refractivity contribution in [1.82, 2.24) is 0 Å². The highest BCUT2D eigenvalue weighted by Gasteiger charge is 2.31. The van der Waals surface area contributed by atoms with Gasteiger partial charge in [-0.05, 0) is 18.8 Å². The van der Waals surface area contributed by atoms with Gasteiger partial charge in [0, 0.05) is 5.25 Å². The summed E-state index contributed by atoms with van der Waals surface area (Å²) >= 11 is 4.20. The minimum Gasteiger partial charge on any atom is -0.247 e. The van der Waals surface area contributed by atoms with Gasteiger partial charge in [0.05, 0.1) is 0 Å². The van der Waals surface area contributed by atoms with Gasteiger partial charge in [0.1, 0.15) is 6.17 Å². The minimum atomic E-state index is -0.519. The minimum absolute atomic E-state index is 0.391. The van der Waals surface area contributed by atoms with Crippen LogP contribution in [0.5, 0.6) is 0 Å². The maximum absolute atomic E-state index is 12.1. The molecule has 0 heterocycles. The van der Waals surface area contributed by atoms with Crippen molar-refractivity contribution in [2.75, 3.05) is 0 Å². The molecular formula is C6H11FS. The van der Waals surface area contributed by atoms with Gasteiger partial charge in [0.25, 0.3) is 0 Å². The van der Waals surface area contributed by atoms with E-state index in [1.54, 1.807) is 0 Å². The van der Waals surface area contributed by atoms with Crippen LogP contribution in [0.4, 0.5) is 4.39 Å². The van der Waals surface area contributed by atoms with E-state index in [9.17, 15) is 4.39 Å². The number of hydrogen-bond acceptors (Lipinski definition) is 1. The van der Waals surface area contributed by atoms with Crippen molar-refractivity contribution in [2.24, 2.45) is 5.92 Å². The molecule has 2 heteroatoms. The normalized spacial score (nSPS) is 40.9. The van der Waals surface area contributed by atoms with Crippen LogP contribution in [-0.4, -0.2) is 11.4 Å². The molecule has 1 fully saturated rings. The molecule has 0 aliphatic heterocycles. The molecule has 0 N–H and O–H groups in total. The molecule has 0 aromatic heterocycles. The third kappa shape index (κ3) is 1.16. The fourth-order valence-corrected chi connectivity index (χ4v) is 1.23. The largest absolute Gasteiger partial charge is 0.247 e. The Morgan fingerprint density at radius 2 is 2.12 bits per heavy atom. The topological polar surface area (TPSA) is 0 Å². The monoisotopic (exact) mass is 134 g/mol. The zero-order valence-corrected chi connectivity index (χ0v) is 5.87. The summed E-state index contributed by atoms with van der Waals surface area (Å²) in [5.41, 5.74) is 0. The predicted molar refractivity (Wildman–Crippen MR) is 36.1 cm³/mol. The molecule has 0 saturated heterocycles. The van der Waals surface area contributed by atoms with E-state index in [-0.39, 0.29) is 0 Å². The van der Waals surface area contributed by atoms with Crippen LogP contribution >= 0.6 is 12.6 Å². The zero-order chi connectivity index (χ0) is 6.15. The number of alkyl halides is 1. The summed E-state index contributed by atoms with van der Waals surface area (Å²) < 4.78 is 12.1. The number of thiol groups is 1. The van der Waals surface area contributed by atoms with E-state index in [0.717, 1.165) is 12.8 Å². The Morgan fingerprint density at radius 1 is 1.62 bits per heavy atom. The molecule has 0 nitrogen and oxygen atoms in total. The summed E-state index contributed by atoms with van der Waals surface area (Å²) in [6.07, 6.45) is 0.963. The van der Waals surface area contributed by atoms with Gasteiger partial charge in [-0.25, -0.2) is 4.39 Å². The van der Waals surface area contributed by atoms with Crippen LogP contribution in [0.1, 0.15) is 19.8 Å². The SMILES string of the molecule is CC(S)C1CC(F)C1. The predicted octanol–water partition coefficient (Wildman–Crippen LogP) is 2.05. The van der Waals surface area contributed by atoms with Gasteiger partial charge in [-0.2, -0.15) is 12.6 Å². The van der Waals surface area contributed by atoms with Crippen molar-refractivity contribution in [2.45, 2.75) is 31.2 Å². The third-order valence-electron chi connectivity index (χ3n) is 1.80. The molecule has 1 aliphatic rings. The van der Waals surface area contributed by atoms with Gasteiger partial charge in [-0.15, -0.1) is 0 Å². The summed E-state index contributed by atoms with van der Waals surface area (Å²) in [6.45, 7) is 2.03. The van der Waals surface area contributed by atoms with Gasteiger partial charge < -0.3 is 0 Å². The summed E-state index contributed by atoms with van der Waals surface area (Å²) in [5.74, 6) is 0.549. The Morgan fingerprint density at radius 3 is 2.25 bits per heavy atom. The van der Waals surface area contributed by atoms with Crippen LogP contribution in [-0.2, 0) is 0 Å². The lowest BCUT2D eigenvalue weighted by Crippen LogP contribution is -2.30. The fraction of sp³-hybridized carbons (Fsp3) is 1.00.